The maximum absolute atomic E-state index is 13.2. The SMILES string of the molecule is COCCOc1ccc(C(=O)O)cc1F. The number of rotatable bonds is 5. The third kappa shape index (κ3) is 3.21. The fourth-order valence-electron chi connectivity index (χ4n) is 0.986. The summed E-state index contributed by atoms with van der Waals surface area (Å²) in [5.41, 5.74) is -0.105. The maximum Gasteiger partial charge on any atom is 0.335 e. The van der Waals surface area contributed by atoms with E-state index in [9.17, 15) is 9.18 Å². The Bertz CT molecular complexity index is 351. The number of aromatic carboxylic acids is 1. The summed E-state index contributed by atoms with van der Waals surface area (Å²) >= 11 is 0. The van der Waals surface area contributed by atoms with Crippen LogP contribution < -0.4 is 4.74 Å². The van der Waals surface area contributed by atoms with Crippen molar-refractivity contribution in [3.63, 3.8) is 0 Å². The zero-order chi connectivity index (χ0) is 11.3. The second-order valence-electron chi connectivity index (χ2n) is 2.79. The molecule has 1 aromatic rings. The summed E-state index contributed by atoms with van der Waals surface area (Å²) < 4.78 is 23.0. The first-order chi connectivity index (χ1) is 7.15. The van der Waals surface area contributed by atoms with Crippen molar-refractivity contribution < 1.29 is 23.8 Å². The Morgan fingerprint density at radius 3 is 2.73 bits per heavy atom. The zero-order valence-corrected chi connectivity index (χ0v) is 8.20. The molecule has 1 aromatic carbocycles. The van der Waals surface area contributed by atoms with Gasteiger partial charge in [-0.15, -0.1) is 0 Å². The van der Waals surface area contributed by atoms with Crippen LogP contribution in [0.4, 0.5) is 4.39 Å². The lowest BCUT2D eigenvalue weighted by Gasteiger charge is -2.06. The molecule has 0 aliphatic carbocycles. The van der Waals surface area contributed by atoms with E-state index in [0.717, 1.165) is 6.07 Å². The van der Waals surface area contributed by atoms with E-state index in [2.05, 4.69) is 0 Å². The number of carbonyl (C=O) groups is 1. The average Bonchev–Trinajstić information content (AvgIpc) is 2.20. The average molecular weight is 214 g/mol. The smallest absolute Gasteiger partial charge is 0.335 e. The normalized spacial score (nSPS) is 10.0. The molecule has 0 bridgehead atoms. The predicted molar refractivity (Wildman–Crippen MR) is 50.7 cm³/mol. The van der Waals surface area contributed by atoms with Crippen LogP contribution >= 0.6 is 0 Å². The summed E-state index contributed by atoms with van der Waals surface area (Å²) in [4.78, 5) is 10.5. The molecule has 5 heteroatoms. The van der Waals surface area contributed by atoms with Gasteiger partial charge in [0, 0.05) is 7.11 Å². The number of hydrogen-bond donors (Lipinski definition) is 1. The first-order valence-electron chi connectivity index (χ1n) is 4.29. The molecule has 0 amide bonds. The van der Waals surface area contributed by atoms with Gasteiger partial charge in [-0.3, -0.25) is 0 Å². The summed E-state index contributed by atoms with van der Waals surface area (Å²) in [6.07, 6.45) is 0. The molecule has 0 spiro atoms. The molecule has 0 unspecified atom stereocenters. The quantitative estimate of drug-likeness (QED) is 0.755. The Labute approximate surface area is 86.2 Å². The van der Waals surface area contributed by atoms with Crippen molar-refractivity contribution >= 4 is 5.97 Å². The van der Waals surface area contributed by atoms with Crippen LogP contribution in [0.3, 0.4) is 0 Å². The highest BCUT2D eigenvalue weighted by molar-refractivity contribution is 5.87. The van der Waals surface area contributed by atoms with E-state index in [1.807, 2.05) is 0 Å². The Morgan fingerprint density at radius 1 is 1.47 bits per heavy atom. The molecule has 0 aromatic heterocycles. The van der Waals surface area contributed by atoms with Crippen molar-refractivity contribution in [1.82, 2.24) is 0 Å². The molecule has 0 aliphatic rings. The van der Waals surface area contributed by atoms with Crippen LogP contribution in [0, 0.1) is 5.82 Å². The van der Waals surface area contributed by atoms with Crippen LogP contribution in [-0.2, 0) is 4.74 Å². The standard InChI is InChI=1S/C10H11FO4/c1-14-4-5-15-9-3-2-7(10(12)13)6-8(9)11/h2-3,6H,4-5H2,1H3,(H,12,13). The third-order valence-electron chi connectivity index (χ3n) is 1.72. The maximum atomic E-state index is 13.2. The second-order valence-corrected chi connectivity index (χ2v) is 2.79. The van der Waals surface area contributed by atoms with Gasteiger partial charge in [0.2, 0.25) is 0 Å². The Kier molecular flexibility index (Phi) is 4.05. The summed E-state index contributed by atoms with van der Waals surface area (Å²) in [7, 11) is 1.51. The fourth-order valence-corrected chi connectivity index (χ4v) is 0.986. The number of carboxylic acid groups (broad SMARTS) is 1. The molecule has 0 atom stereocenters. The Balaban J connectivity index is 2.70. The van der Waals surface area contributed by atoms with Crippen LogP contribution in [-0.4, -0.2) is 31.4 Å². The predicted octanol–water partition coefficient (Wildman–Crippen LogP) is 1.55. The number of halogens is 1. The van der Waals surface area contributed by atoms with E-state index in [4.69, 9.17) is 14.6 Å². The van der Waals surface area contributed by atoms with Crippen molar-refractivity contribution in [2.75, 3.05) is 20.3 Å². The monoisotopic (exact) mass is 214 g/mol. The highest BCUT2D eigenvalue weighted by atomic mass is 19.1. The highest BCUT2D eigenvalue weighted by Crippen LogP contribution is 2.18. The van der Waals surface area contributed by atoms with Gasteiger partial charge >= 0.3 is 5.97 Å². The number of ether oxygens (including phenoxy) is 2. The number of methoxy groups -OCH3 is 1. The van der Waals surface area contributed by atoms with Crippen molar-refractivity contribution in [2.45, 2.75) is 0 Å². The first-order valence-corrected chi connectivity index (χ1v) is 4.29. The van der Waals surface area contributed by atoms with Gasteiger partial charge in [0.1, 0.15) is 6.61 Å². The lowest BCUT2D eigenvalue weighted by molar-refractivity contribution is 0.0696. The summed E-state index contributed by atoms with van der Waals surface area (Å²) in [6, 6.07) is 3.49. The lowest BCUT2D eigenvalue weighted by atomic mass is 10.2. The van der Waals surface area contributed by atoms with Gasteiger partial charge in [-0.05, 0) is 18.2 Å². The minimum Gasteiger partial charge on any atom is -0.488 e. The minimum atomic E-state index is -1.17. The van der Waals surface area contributed by atoms with Crippen LogP contribution in [0.2, 0.25) is 0 Å². The first kappa shape index (κ1) is 11.5. The van der Waals surface area contributed by atoms with Crippen LogP contribution in [0.25, 0.3) is 0 Å². The molecule has 1 rings (SSSR count). The summed E-state index contributed by atoms with van der Waals surface area (Å²) in [6.45, 7) is 0.569. The molecule has 4 nitrogen and oxygen atoms in total. The van der Waals surface area contributed by atoms with Crippen LogP contribution in [0.5, 0.6) is 5.75 Å². The lowest BCUT2D eigenvalue weighted by Crippen LogP contribution is -2.06. The van der Waals surface area contributed by atoms with Gasteiger partial charge in [-0.2, -0.15) is 0 Å². The van der Waals surface area contributed by atoms with Crippen molar-refractivity contribution in [1.29, 1.82) is 0 Å². The van der Waals surface area contributed by atoms with Crippen LogP contribution in [0.15, 0.2) is 18.2 Å². The van der Waals surface area contributed by atoms with Gasteiger partial charge in [-0.1, -0.05) is 0 Å². The van der Waals surface area contributed by atoms with Crippen molar-refractivity contribution in [2.24, 2.45) is 0 Å². The largest absolute Gasteiger partial charge is 0.488 e. The molecule has 0 heterocycles. The summed E-state index contributed by atoms with van der Waals surface area (Å²) in [5, 5.41) is 8.59. The van der Waals surface area contributed by atoms with E-state index in [1.54, 1.807) is 0 Å². The van der Waals surface area contributed by atoms with Gasteiger partial charge in [-0.25, -0.2) is 9.18 Å². The number of benzene rings is 1. The fraction of sp³-hybridized carbons (Fsp3) is 0.300. The third-order valence-corrected chi connectivity index (χ3v) is 1.72. The molecular weight excluding hydrogens is 203 g/mol. The molecule has 0 aliphatic heterocycles. The molecule has 82 valence electrons. The minimum absolute atomic E-state index is 0.0250. The van der Waals surface area contributed by atoms with Gasteiger partial charge < -0.3 is 14.6 Å². The van der Waals surface area contributed by atoms with Gasteiger partial charge in [0.05, 0.1) is 12.2 Å². The highest BCUT2D eigenvalue weighted by Gasteiger charge is 2.08. The molecule has 0 saturated carbocycles. The number of carboxylic acids is 1. The van der Waals surface area contributed by atoms with E-state index in [0.29, 0.717) is 6.61 Å². The summed E-state index contributed by atoms with van der Waals surface area (Å²) in [5.74, 6) is -1.83. The molecule has 15 heavy (non-hydrogen) atoms. The molecular formula is C10H11FO4. The topological polar surface area (TPSA) is 55.8 Å². The Hall–Kier alpha value is -1.62. The van der Waals surface area contributed by atoms with Crippen LogP contribution in [0.1, 0.15) is 10.4 Å². The van der Waals surface area contributed by atoms with Crippen molar-refractivity contribution in [3.05, 3.63) is 29.6 Å². The van der Waals surface area contributed by atoms with E-state index < -0.39 is 11.8 Å². The molecule has 0 radical (unpaired) electrons. The van der Waals surface area contributed by atoms with E-state index >= 15 is 0 Å². The van der Waals surface area contributed by atoms with Gasteiger partial charge in [0.15, 0.2) is 11.6 Å². The molecule has 0 saturated heterocycles. The van der Waals surface area contributed by atoms with Crippen molar-refractivity contribution in [3.8, 4) is 5.75 Å². The zero-order valence-electron chi connectivity index (χ0n) is 8.20. The number of hydrogen-bond acceptors (Lipinski definition) is 3. The Morgan fingerprint density at radius 2 is 2.20 bits per heavy atom. The van der Waals surface area contributed by atoms with Gasteiger partial charge in [0.25, 0.3) is 0 Å². The molecule has 0 fully saturated rings. The molecule has 1 N–H and O–H groups in total. The second kappa shape index (κ2) is 5.31. The van der Waals surface area contributed by atoms with E-state index in [-0.39, 0.29) is 17.9 Å². The van der Waals surface area contributed by atoms with E-state index in [1.165, 1.54) is 19.2 Å².